The average molecular weight is 348 g/mol. The lowest BCUT2D eigenvalue weighted by atomic mass is 10.1. The molecule has 0 fully saturated rings. The summed E-state index contributed by atoms with van der Waals surface area (Å²) in [5, 5.41) is 18.9. The molecule has 4 nitrogen and oxygen atoms in total. The van der Waals surface area contributed by atoms with E-state index in [9.17, 15) is 5.11 Å². The molecule has 0 aromatic heterocycles. The van der Waals surface area contributed by atoms with Crippen LogP contribution in [-0.4, -0.2) is 12.2 Å². The SMILES string of the molecule is COc1cc(C#N)cc(Oc2ccc(Br)cc2C(C)O)c1. The van der Waals surface area contributed by atoms with Gasteiger partial charge in [0.15, 0.2) is 0 Å². The van der Waals surface area contributed by atoms with Crippen molar-refractivity contribution in [2.75, 3.05) is 7.11 Å². The minimum absolute atomic E-state index is 0.444. The zero-order chi connectivity index (χ0) is 15.4. The summed E-state index contributed by atoms with van der Waals surface area (Å²) in [6.07, 6.45) is -0.668. The van der Waals surface area contributed by atoms with Crippen LogP contribution in [0.15, 0.2) is 40.9 Å². The van der Waals surface area contributed by atoms with E-state index >= 15 is 0 Å². The van der Waals surface area contributed by atoms with Crippen molar-refractivity contribution in [2.24, 2.45) is 0 Å². The molecule has 1 N–H and O–H groups in total. The Kier molecular flexibility index (Phi) is 4.84. The Hall–Kier alpha value is -2.03. The van der Waals surface area contributed by atoms with Gasteiger partial charge < -0.3 is 14.6 Å². The van der Waals surface area contributed by atoms with E-state index < -0.39 is 6.10 Å². The number of methoxy groups -OCH3 is 1. The van der Waals surface area contributed by atoms with Crippen LogP contribution in [0.3, 0.4) is 0 Å². The minimum Gasteiger partial charge on any atom is -0.497 e. The van der Waals surface area contributed by atoms with Gasteiger partial charge in [-0.3, -0.25) is 0 Å². The van der Waals surface area contributed by atoms with Gasteiger partial charge in [0.1, 0.15) is 17.2 Å². The fourth-order valence-corrected chi connectivity index (χ4v) is 2.26. The zero-order valence-corrected chi connectivity index (χ0v) is 13.2. The van der Waals surface area contributed by atoms with Gasteiger partial charge >= 0.3 is 0 Å². The third-order valence-electron chi connectivity index (χ3n) is 2.89. The van der Waals surface area contributed by atoms with E-state index in [2.05, 4.69) is 22.0 Å². The summed E-state index contributed by atoms with van der Waals surface area (Å²) in [6, 6.07) is 12.4. The number of nitrogens with zero attached hydrogens (tertiary/aromatic N) is 1. The summed E-state index contributed by atoms with van der Waals surface area (Å²) in [5.41, 5.74) is 1.10. The maximum atomic E-state index is 9.83. The number of rotatable bonds is 4. The van der Waals surface area contributed by atoms with Gasteiger partial charge in [0.05, 0.1) is 24.8 Å². The van der Waals surface area contributed by atoms with Crippen molar-refractivity contribution < 1.29 is 14.6 Å². The van der Waals surface area contributed by atoms with Crippen molar-refractivity contribution in [1.29, 1.82) is 5.26 Å². The lowest BCUT2D eigenvalue weighted by molar-refractivity contribution is 0.195. The van der Waals surface area contributed by atoms with Crippen molar-refractivity contribution in [2.45, 2.75) is 13.0 Å². The summed E-state index contributed by atoms with van der Waals surface area (Å²) >= 11 is 3.37. The second-order valence-corrected chi connectivity index (χ2v) is 5.38. The fourth-order valence-electron chi connectivity index (χ4n) is 1.88. The van der Waals surface area contributed by atoms with Gasteiger partial charge in [-0.15, -0.1) is 0 Å². The number of hydrogen-bond acceptors (Lipinski definition) is 4. The third kappa shape index (κ3) is 3.75. The van der Waals surface area contributed by atoms with E-state index in [-0.39, 0.29) is 0 Å². The highest BCUT2D eigenvalue weighted by Crippen LogP contribution is 2.33. The molecule has 0 bridgehead atoms. The maximum absolute atomic E-state index is 9.83. The quantitative estimate of drug-likeness (QED) is 0.901. The van der Waals surface area contributed by atoms with Crippen LogP contribution in [-0.2, 0) is 0 Å². The van der Waals surface area contributed by atoms with Crippen LogP contribution in [0.25, 0.3) is 0 Å². The summed E-state index contributed by atoms with van der Waals surface area (Å²) in [7, 11) is 1.53. The van der Waals surface area contributed by atoms with Gasteiger partial charge in [-0.2, -0.15) is 5.26 Å². The van der Waals surface area contributed by atoms with Crippen molar-refractivity contribution in [1.82, 2.24) is 0 Å². The second-order valence-electron chi connectivity index (χ2n) is 4.47. The molecule has 0 saturated carbocycles. The highest BCUT2D eigenvalue weighted by atomic mass is 79.9. The summed E-state index contributed by atoms with van der Waals surface area (Å²) < 4.78 is 11.8. The molecule has 0 aliphatic heterocycles. The van der Waals surface area contributed by atoms with Gasteiger partial charge in [-0.1, -0.05) is 15.9 Å². The van der Waals surface area contributed by atoms with Crippen LogP contribution in [0.5, 0.6) is 17.2 Å². The number of aliphatic hydroxyl groups excluding tert-OH is 1. The molecule has 5 heteroatoms. The number of nitriles is 1. The monoisotopic (exact) mass is 347 g/mol. The molecule has 0 amide bonds. The van der Waals surface area contributed by atoms with E-state index in [0.29, 0.717) is 28.4 Å². The summed E-state index contributed by atoms with van der Waals surface area (Å²) in [6.45, 7) is 1.67. The predicted molar refractivity (Wildman–Crippen MR) is 82.6 cm³/mol. The normalized spacial score (nSPS) is 11.6. The number of aliphatic hydroxyl groups is 1. The fraction of sp³-hybridized carbons (Fsp3) is 0.188. The molecule has 108 valence electrons. The Morgan fingerprint density at radius 2 is 1.90 bits per heavy atom. The molecule has 0 heterocycles. The molecule has 21 heavy (non-hydrogen) atoms. The van der Waals surface area contributed by atoms with Crippen LogP contribution < -0.4 is 9.47 Å². The highest BCUT2D eigenvalue weighted by molar-refractivity contribution is 9.10. The van der Waals surface area contributed by atoms with E-state index in [1.165, 1.54) is 7.11 Å². The largest absolute Gasteiger partial charge is 0.497 e. The van der Waals surface area contributed by atoms with E-state index in [1.54, 1.807) is 37.3 Å². The van der Waals surface area contributed by atoms with E-state index in [4.69, 9.17) is 14.7 Å². The number of halogens is 1. The smallest absolute Gasteiger partial charge is 0.133 e. The van der Waals surface area contributed by atoms with Gasteiger partial charge in [-0.25, -0.2) is 0 Å². The maximum Gasteiger partial charge on any atom is 0.133 e. The van der Waals surface area contributed by atoms with Crippen molar-refractivity contribution in [3.8, 4) is 23.3 Å². The molecule has 2 aromatic carbocycles. The topological polar surface area (TPSA) is 62.5 Å². The Labute approximate surface area is 131 Å². The van der Waals surface area contributed by atoms with E-state index in [1.807, 2.05) is 6.07 Å². The highest BCUT2D eigenvalue weighted by Gasteiger charge is 2.12. The molecule has 0 aliphatic rings. The molecule has 2 aromatic rings. The number of ether oxygens (including phenoxy) is 2. The van der Waals surface area contributed by atoms with Crippen LogP contribution in [0.4, 0.5) is 0 Å². The molecule has 0 spiro atoms. The lowest BCUT2D eigenvalue weighted by Gasteiger charge is -2.14. The first-order valence-electron chi connectivity index (χ1n) is 6.28. The molecule has 1 unspecified atom stereocenters. The van der Waals surface area contributed by atoms with Crippen LogP contribution in [0.2, 0.25) is 0 Å². The second kappa shape index (κ2) is 6.61. The minimum atomic E-state index is -0.668. The van der Waals surface area contributed by atoms with Gasteiger partial charge in [0.2, 0.25) is 0 Å². The summed E-state index contributed by atoms with van der Waals surface area (Å²) in [5.74, 6) is 1.56. The molecular weight excluding hydrogens is 334 g/mol. The molecule has 2 rings (SSSR count). The molecule has 0 saturated heterocycles. The Morgan fingerprint density at radius 1 is 1.19 bits per heavy atom. The first-order chi connectivity index (χ1) is 10.0. The van der Waals surface area contributed by atoms with Gasteiger partial charge in [0, 0.05) is 16.1 Å². The predicted octanol–water partition coefficient (Wildman–Crippen LogP) is 4.17. The molecule has 1 atom stereocenters. The summed E-state index contributed by atoms with van der Waals surface area (Å²) in [4.78, 5) is 0. The third-order valence-corrected chi connectivity index (χ3v) is 3.39. The number of benzene rings is 2. The first-order valence-corrected chi connectivity index (χ1v) is 7.07. The van der Waals surface area contributed by atoms with E-state index in [0.717, 1.165) is 4.47 Å². The standard InChI is InChI=1S/C16H14BrNO3/c1-10(19)15-7-12(17)3-4-16(15)21-14-6-11(9-18)5-13(8-14)20-2/h3-8,10,19H,1-2H3. The van der Waals surface area contributed by atoms with Crippen LogP contribution in [0.1, 0.15) is 24.2 Å². The lowest BCUT2D eigenvalue weighted by Crippen LogP contribution is -1.97. The number of hydrogen-bond donors (Lipinski definition) is 1. The molecule has 0 radical (unpaired) electrons. The Balaban J connectivity index is 2.41. The van der Waals surface area contributed by atoms with Gasteiger partial charge in [0.25, 0.3) is 0 Å². The molecular formula is C16H14BrNO3. The zero-order valence-electron chi connectivity index (χ0n) is 11.6. The average Bonchev–Trinajstić information content (AvgIpc) is 2.48. The Bertz CT molecular complexity index is 692. The van der Waals surface area contributed by atoms with Gasteiger partial charge in [-0.05, 0) is 37.3 Å². The first kappa shape index (κ1) is 15.4. The van der Waals surface area contributed by atoms with Crippen molar-refractivity contribution in [3.05, 3.63) is 52.0 Å². The van der Waals surface area contributed by atoms with Crippen LogP contribution in [0, 0.1) is 11.3 Å². The molecule has 0 aliphatic carbocycles. The van der Waals surface area contributed by atoms with Crippen molar-refractivity contribution in [3.63, 3.8) is 0 Å². The Morgan fingerprint density at radius 3 is 2.52 bits per heavy atom. The van der Waals surface area contributed by atoms with Crippen molar-refractivity contribution >= 4 is 15.9 Å². The van der Waals surface area contributed by atoms with Crippen LogP contribution >= 0.6 is 15.9 Å².